The lowest BCUT2D eigenvalue weighted by molar-refractivity contribution is 0.0697. The number of halogens is 1. The molecule has 7 heteroatoms. The van der Waals surface area contributed by atoms with Gasteiger partial charge in [0.15, 0.2) is 0 Å². The summed E-state index contributed by atoms with van der Waals surface area (Å²) in [4.78, 5) is 27.4. The van der Waals surface area contributed by atoms with Crippen LogP contribution in [0.5, 0.6) is 5.75 Å². The monoisotopic (exact) mass is 350 g/mol. The summed E-state index contributed by atoms with van der Waals surface area (Å²) in [6.45, 7) is 0. The number of anilines is 1. The quantitative estimate of drug-likeness (QED) is 0.827. The topological polar surface area (TPSA) is 88.5 Å². The van der Waals surface area contributed by atoms with Crippen molar-refractivity contribution < 1.29 is 19.4 Å². The first-order valence-corrected chi connectivity index (χ1v) is 6.65. The van der Waals surface area contributed by atoms with Gasteiger partial charge in [0.05, 0.1) is 23.9 Å². The largest absolute Gasteiger partial charge is 0.497 e. The zero-order valence-corrected chi connectivity index (χ0v) is 12.5. The van der Waals surface area contributed by atoms with Crippen molar-refractivity contribution >= 4 is 33.5 Å². The fourth-order valence-corrected chi connectivity index (χ4v) is 2.11. The highest BCUT2D eigenvalue weighted by Gasteiger charge is 2.16. The van der Waals surface area contributed by atoms with Crippen LogP contribution in [0.2, 0.25) is 0 Å². The summed E-state index contributed by atoms with van der Waals surface area (Å²) in [5, 5.41) is 11.8. The molecular formula is C14H11BrN2O4. The molecule has 6 nitrogen and oxygen atoms in total. The van der Waals surface area contributed by atoms with Crippen LogP contribution in [0, 0.1) is 0 Å². The molecule has 0 unspecified atom stereocenters. The molecule has 0 bridgehead atoms. The number of carbonyl (C=O) groups is 2. The van der Waals surface area contributed by atoms with E-state index in [1.54, 1.807) is 18.2 Å². The third-order valence-corrected chi connectivity index (χ3v) is 3.34. The molecule has 0 atom stereocenters. The highest BCUT2D eigenvalue weighted by Crippen LogP contribution is 2.23. The lowest BCUT2D eigenvalue weighted by Crippen LogP contribution is -2.15. The number of nitrogens with one attached hydrogen (secondary N) is 1. The number of nitrogens with zero attached hydrogens (tertiary/aromatic N) is 1. The van der Waals surface area contributed by atoms with Gasteiger partial charge in [-0.05, 0) is 46.3 Å². The Kier molecular flexibility index (Phi) is 4.54. The van der Waals surface area contributed by atoms with Gasteiger partial charge in [0.25, 0.3) is 5.91 Å². The van der Waals surface area contributed by atoms with Crippen LogP contribution in [-0.4, -0.2) is 29.1 Å². The Bertz CT molecular complexity index is 703. The molecular weight excluding hydrogens is 340 g/mol. The zero-order valence-electron chi connectivity index (χ0n) is 11.0. The van der Waals surface area contributed by atoms with Crippen molar-refractivity contribution in [3.63, 3.8) is 0 Å². The van der Waals surface area contributed by atoms with E-state index in [1.807, 2.05) is 0 Å². The van der Waals surface area contributed by atoms with Crippen LogP contribution in [0.4, 0.5) is 5.69 Å². The number of rotatable bonds is 4. The minimum atomic E-state index is -1.16. The number of benzene rings is 1. The molecule has 2 aromatic rings. The predicted molar refractivity (Wildman–Crippen MR) is 79.8 cm³/mol. The van der Waals surface area contributed by atoms with Gasteiger partial charge in [0, 0.05) is 6.20 Å². The Morgan fingerprint density at radius 2 is 2.05 bits per heavy atom. The minimum absolute atomic E-state index is 0.0530. The molecule has 1 aromatic heterocycles. The van der Waals surface area contributed by atoms with Crippen LogP contribution in [0.1, 0.15) is 20.7 Å². The number of pyridine rings is 1. The number of methoxy groups -OCH3 is 1. The Labute approximate surface area is 128 Å². The molecule has 1 heterocycles. The number of aromatic nitrogens is 1. The first-order valence-electron chi connectivity index (χ1n) is 5.86. The molecule has 2 rings (SSSR count). The fraction of sp³-hybridized carbons (Fsp3) is 0.0714. The fourth-order valence-electron chi connectivity index (χ4n) is 1.68. The number of carbonyl (C=O) groups excluding carboxylic acids is 1. The van der Waals surface area contributed by atoms with Crippen LogP contribution < -0.4 is 10.1 Å². The van der Waals surface area contributed by atoms with Gasteiger partial charge in [0.1, 0.15) is 10.4 Å². The van der Waals surface area contributed by atoms with Crippen molar-refractivity contribution in [1.82, 2.24) is 4.98 Å². The maximum absolute atomic E-state index is 12.2. The van der Waals surface area contributed by atoms with E-state index in [9.17, 15) is 14.7 Å². The van der Waals surface area contributed by atoms with Gasteiger partial charge >= 0.3 is 5.97 Å². The molecule has 0 aliphatic heterocycles. The summed E-state index contributed by atoms with van der Waals surface area (Å²) in [6.07, 6.45) is 1.54. The number of hydrogen-bond donors (Lipinski definition) is 2. The average molecular weight is 351 g/mol. The Morgan fingerprint density at radius 1 is 1.29 bits per heavy atom. The van der Waals surface area contributed by atoms with Crippen molar-refractivity contribution in [2.75, 3.05) is 12.4 Å². The van der Waals surface area contributed by atoms with E-state index in [4.69, 9.17) is 4.74 Å². The summed E-state index contributed by atoms with van der Waals surface area (Å²) >= 11 is 3.17. The van der Waals surface area contributed by atoms with E-state index in [0.29, 0.717) is 15.9 Å². The van der Waals surface area contributed by atoms with Crippen molar-refractivity contribution in [3.05, 3.63) is 52.3 Å². The Hall–Kier alpha value is -2.41. The molecule has 1 aromatic carbocycles. The summed E-state index contributed by atoms with van der Waals surface area (Å²) in [5.74, 6) is -1.22. The molecule has 2 N–H and O–H groups in total. The normalized spacial score (nSPS) is 10.0. The van der Waals surface area contributed by atoms with Crippen LogP contribution in [0.25, 0.3) is 0 Å². The van der Waals surface area contributed by atoms with Gasteiger partial charge in [-0.25, -0.2) is 9.78 Å². The van der Waals surface area contributed by atoms with Gasteiger partial charge in [-0.15, -0.1) is 0 Å². The van der Waals surface area contributed by atoms with E-state index in [0.717, 1.165) is 0 Å². The highest BCUT2D eigenvalue weighted by atomic mass is 79.9. The van der Waals surface area contributed by atoms with E-state index in [-0.39, 0.29) is 11.3 Å². The molecule has 21 heavy (non-hydrogen) atoms. The second-order valence-electron chi connectivity index (χ2n) is 4.01. The van der Waals surface area contributed by atoms with E-state index in [1.165, 1.54) is 25.4 Å². The number of amides is 1. The Balaban J connectivity index is 2.33. The van der Waals surface area contributed by atoms with Gasteiger partial charge in [-0.2, -0.15) is 0 Å². The number of ether oxygens (including phenoxy) is 1. The second kappa shape index (κ2) is 6.36. The van der Waals surface area contributed by atoms with Crippen molar-refractivity contribution in [2.45, 2.75) is 0 Å². The molecule has 1 amide bonds. The average Bonchev–Trinajstić information content (AvgIpc) is 2.47. The number of aromatic carboxylic acids is 1. The standard InChI is InChI=1S/C14H11BrN2O4/c1-21-8-4-5-11(10(7-8)14(19)20)17-13(18)9-3-2-6-16-12(9)15/h2-7H,1H3,(H,17,18)(H,19,20). The minimum Gasteiger partial charge on any atom is -0.497 e. The lowest BCUT2D eigenvalue weighted by atomic mass is 10.1. The van der Waals surface area contributed by atoms with Crippen LogP contribution in [0.15, 0.2) is 41.1 Å². The predicted octanol–water partition coefficient (Wildman–Crippen LogP) is 2.80. The summed E-state index contributed by atoms with van der Waals surface area (Å²) in [5.41, 5.74) is 0.441. The first kappa shape index (κ1) is 15.0. The van der Waals surface area contributed by atoms with E-state index >= 15 is 0 Å². The molecule has 0 saturated heterocycles. The first-order chi connectivity index (χ1) is 10.0. The van der Waals surface area contributed by atoms with Gasteiger partial charge in [-0.3, -0.25) is 4.79 Å². The number of carboxylic acid groups (broad SMARTS) is 1. The van der Waals surface area contributed by atoms with Crippen LogP contribution in [0.3, 0.4) is 0 Å². The second-order valence-corrected chi connectivity index (χ2v) is 4.76. The van der Waals surface area contributed by atoms with E-state index < -0.39 is 11.9 Å². The molecule has 0 spiro atoms. The smallest absolute Gasteiger partial charge is 0.337 e. The van der Waals surface area contributed by atoms with Crippen molar-refractivity contribution in [2.24, 2.45) is 0 Å². The SMILES string of the molecule is COc1ccc(NC(=O)c2cccnc2Br)c(C(=O)O)c1. The summed E-state index contributed by atoms with van der Waals surface area (Å²) in [6, 6.07) is 7.59. The maximum Gasteiger partial charge on any atom is 0.337 e. The molecule has 108 valence electrons. The van der Waals surface area contributed by atoms with Gasteiger partial charge < -0.3 is 15.2 Å². The van der Waals surface area contributed by atoms with Crippen molar-refractivity contribution in [3.8, 4) is 5.75 Å². The molecule has 0 aliphatic carbocycles. The summed E-state index contributed by atoms with van der Waals surface area (Å²) < 4.78 is 5.36. The zero-order chi connectivity index (χ0) is 15.4. The summed E-state index contributed by atoms with van der Waals surface area (Å²) in [7, 11) is 1.44. The molecule has 0 radical (unpaired) electrons. The maximum atomic E-state index is 12.2. The number of hydrogen-bond acceptors (Lipinski definition) is 4. The molecule has 0 saturated carbocycles. The Morgan fingerprint density at radius 3 is 2.67 bits per heavy atom. The van der Waals surface area contributed by atoms with Crippen molar-refractivity contribution in [1.29, 1.82) is 0 Å². The van der Waals surface area contributed by atoms with E-state index in [2.05, 4.69) is 26.2 Å². The number of carboxylic acids is 1. The molecule has 0 aliphatic rings. The molecule has 0 fully saturated rings. The van der Waals surface area contributed by atoms with Gasteiger partial charge in [0.2, 0.25) is 0 Å². The lowest BCUT2D eigenvalue weighted by Gasteiger charge is -2.10. The van der Waals surface area contributed by atoms with Crippen LogP contribution >= 0.6 is 15.9 Å². The third kappa shape index (κ3) is 3.38. The third-order valence-electron chi connectivity index (χ3n) is 2.71. The van der Waals surface area contributed by atoms with Crippen LogP contribution in [-0.2, 0) is 0 Å². The highest BCUT2D eigenvalue weighted by molar-refractivity contribution is 9.10. The van der Waals surface area contributed by atoms with Gasteiger partial charge in [-0.1, -0.05) is 0 Å².